The van der Waals surface area contributed by atoms with E-state index < -0.39 is 0 Å². The molecule has 2 aromatic carbocycles. The second-order valence-corrected chi connectivity index (χ2v) is 6.85. The first-order valence-electron chi connectivity index (χ1n) is 8.05. The number of para-hydroxylation sites is 1. The lowest BCUT2D eigenvalue weighted by atomic mass is 10.0. The second kappa shape index (κ2) is 7.41. The Labute approximate surface area is 143 Å². The van der Waals surface area contributed by atoms with Gasteiger partial charge >= 0.3 is 0 Å². The molecule has 2 aromatic rings. The van der Waals surface area contributed by atoms with Gasteiger partial charge in [0, 0.05) is 16.7 Å². The Bertz CT molecular complexity index is 718. The van der Waals surface area contributed by atoms with E-state index in [1.165, 1.54) is 0 Å². The molecule has 0 heterocycles. The fraction of sp³-hybridized carbons (Fsp3) is 0.300. The average molecular weight is 324 g/mol. The fourth-order valence-corrected chi connectivity index (χ4v) is 2.49. The predicted octanol–water partition coefficient (Wildman–Crippen LogP) is 3.63. The van der Waals surface area contributed by atoms with Gasteiger partial charge in [-0.25, -0.2) is 0 Å². The topological polar surface area (TPSA) is 58.2 Å². The minimum atomic E-state index is -0.370. The lowest BCUT2D eigenvalue weighted by Crippen LogP contribution is -2.48. The number of amides is 1. The van der Waals surface area contributed by atoms with E-state index in [-0.39, 0.29) is 23.3 Å². The normalized spacial score (nSPS) is 12.5. The van der Waals surface area contributed by atoms with Crippen molar-refractivity contribution in [2.24, 2.45) is 0 Å². The number of rotatable bonds is 5. The molecule has 2 N–H and O–H groups in total. The van der Waals surface area contributed by atoms with E-state index in [2.05, 4.69) is 10.6 Å². The number of carbonyl (C=O) groups excluding carboxylic acids is 2. The number of hydrogen-bond acceptors (Lipinski definition) is 3. The lowest BCUT2D eigenvalue weighted by molar-refractivity contribution is -0.118. The maximum atomic E-state index is 12.7. The third-order valence-corrected chi connectivity index (χ3v) is 3.51. The molecular weight excluding hydrogens is 300 g/mol. The van der Waals surface area contributed by atoms with Crippen LogP contribution in [0.2, 0.25) is 0 Å². The summed E-state index contributed by atoms with van der Waals surface area (Å²) in [4.78, 5) is 25.1. The van der Waals surface area contributed by atoms with E-state index >= 15 is 0 Å². The number of nitrogens with one attached hydrogen (secondary N) is 2. The largest absolute Gasteiger partial charge is 0.324 e. The first-order chi connectivity index (χ1) is 11.3. The molecule has 0 saturated heterocycles. The molecule has 2 rings (SSSR count). The first-order valence-corrected chi connectivity index (χ1v) is 8.05. The Morgan fingerprint density at radius 1 is 0.917 bits per heavy atom. The maximum Gasteiger partial charge on any atom is 0.241 e. The summed E-state index contributed by atoms with van der Waals surface area (Å²) in [7, 11) is 0. The van der Waals surface area contributed by atoms with Gasteiger partial charge in [-0.2, -0.15) is 0 Å². The summed E-state index contributed by atoms with van der Waals surface area (Å²) < 4.78 is 0. The van der Waals surface area contributed by atoms with Crippen molar-refractivity contribution in [1.82, 2.24) is 5.32 Å². The van der Waals surface area contributed by atoms with Gasteiger partial charge in [-0.1, -0.05) is 42.5 Å². The molecular formula is C20H24N2O2. The molecule has 4 nitrogen and oxygen atoms in total. The van der Waals surface area contributed by atoms with E-state index in [1.54, 1.807) is 36.4 Å². The summed E-state index contributed by atoms with van der Waals surface area (Å²) in [6.07, 6.45) is 0. The number of benzene rings is 2. The van der Waals surface area contributed by atoms with Crippen LogP contribution < -0.4 is 10.6 Å². The zero-order chi connectivity index (χ0) is 17.7. The molecule has 0 unspecified atom stereocenters. The van der Waals surface area contributed by atoms with Crippen molar-refractivity contribution < 1.29 is 9.59 Å². The molecule has 1 amide bonds. The van der Waals surface area contributed by atoms with Crippen molar-refractivity contribution in [3.8, 4) is 0 Å². The summed E-state index contributed by atoms with van der Waals surface area (Å²) in [6, 6.07) is 15.8. The van der Waals surface area contributed by atoms with Crippen molar-refractivity contribution in [2.45, 2.75) is 39.3 Å². The van der Waals surface area contributed by atoms with Gasteiger partial charge in [0.1, 0.15) is 0 Å². The minimum Gasteiger partial charge on any atom is -0.324 e. The van der Waals surface area contributed by atoms with Crippen LogP contribution >= 0.6 is 0 Å². The van der Waals surface area contributed by atoms with Crippen molar-refractivity contribution in [1.29, 1.82) is 0 Å². The monoisotopic (exact) mass is 324 g/mol. The van der Waals surface area contributed by atoms with Crippen LogP contribution in [0, 0.1) is 0 Å². The summed E-state index contributed by atoms with van der Waals surface area (Å²) in [5.74, 6) is -0.277. The van der Waals surface area contributed by atoms with Gasteiger partial charge in [-0.3, -0.25) is 9.59 Å². The Morgan fingerprint density at radius 2 is 1.50 bits per heavy atom. The van der Waals surface area contributed by atoms with E-state index in [0.29, 0.717) is 16.8 Å². The van der Waals surface area contributed by atoms with Crippen LogP contribution in [0.3, 0.4) is 0 Å². The molecule has 24 heavy (non-hydrogen) atoms. The van der Waals surface area contributed by atoms with Gasteiger partial charge in [0.05, 0.1) is 11.7 Å². The highest BCUT2D eigenvalue weighted by Gasteiger charge is 2.21. The highest BCUT2D eigenvalue weighted by atomic mass is 16.2. The van der Waals surface area contributed by atoms with Gasteiger partial charge in [0.15, 0.2) is 5.78 Å². The highest BCUT2D eigenvalue weighted by molar-refractivity contribution is 6.14. The molecule has 0 bridgehead atoms. The molecule has 1 atom stereocenters. The van der Waals surface area contributed by atoms with Gasteiger partial charge in [0.25, 0.3) is 0 Å². The summed E-state index contributed by atoms with van der Waals surface area (Å²) in [5, 5.41) is 6.08. The van der Waals surface area contributed by atoms with Crippen LogP contribution in [0.4, 0.5) is 5.69 Å². The molecule has 0 aliphatic rings. The van der Waals surface area contributed by atoms with Gasteiger partial charge in [0.2, 0.25) is 5.91 Å². The summed E-state index contributed by atoms with van der Waals surface area (Å²) >= 11 is 0. The zero-order valence-corrected chi connectivity index (χ0v) is 14.6. The molecule has 4 heteroatoms. The summed E-state index contributed by atoms with van der Waals surface area (Å²) in [6.45, 7) is 7.82. The molecule has 0 aromatic heterocycles. The Kier molecular flexibility index (Phi) is 5.52. The zero-order valence-electron chi connectivity index (χ0n) is 14.6. The molecule has 0 radical (unpaired) electrons. The number of ketones is 1. The van der Waals surface area contributed by atoms with Crippen LogP contribution in [0.1, 0.15) is 43.6 Å². The fourth-order valence-electron chi connectivity index (χ4n) is 2.49. The van der Waals surface area contributed by atoms with Crippen LogP contribution in [-0.2, 0) is 4.79 Å². The first kappa shape index (κ1) is 17.9. The third kappa shape index (κ3) is 4.77. The van der Waals surface area contributed by atoms with E-state index in [4.69, 9.17) is 0 Å². The van der Waals surface area contributed by atoms with Crippen LogP contribution in [0.15, 0.2) is 54.6 Å². The Morgan fingerprint density at radius 3 is 2.12 bits per heavy atom. The lowest BCUT2D eigenvalue weighted by Gasteiger charge is -2.25. The van der Waals surface area contributed by atoms with Crippen LogP contribution in [-0.4, -0.2) is 23.3 Å². The Hall–Kier alpha value is -2.46. The van der Waals surface area contributed by atoms with Gasteiger partial charge < -0.3 is 10.6 Å². The molecule has 126 valence electrons. The predicted molar refractivity (Wildman–Crippen MR) is 97.3 cm³/mol. The standard InChI is InChI=1S/C20H24N2O2/c1-14(22-20(2,3)4)19(24)21-17-13-9-8-12-16(17)18(23)15-10-6-5-7-11-15/h5-14,22H,1-4H3,(H,21,24)/t14-/m0/s1. The molecule has 0 spiro atoms. The van der Waals surface area contributed by atoms with Crippen molar-refractivity contribution >= 4 is 17.4 Å². The highest BCUT2D eigenvalue weighted by Crippen LogP contribution is 2.19. The van der Waals surface area contributed by atoms with E-state index in [9.17, 15) is 9.59 Å². The van der Waals surface area contributed by atoms with E-state index in [0.717, 1.165) is 0 Å². The third-order valence-electron chi connectivity index (χ3n) is 3.51. The molecule has 0 fully saturated rings. The second-order valence-electron chi connectivity index (χ2n) is 6.85. The minimum absolute atomic E-state index is 0.108. The van der Waals surface area contributed by atoms with Crippen molar-refractivity contribution in [2.75, 3.05) is 5.32 Å². The molecule has 0 aliphatic carbocycles. The SMILES string of the molecule is C[C@H](NC(C)(C)C)C(=O)Nc1ccccc1C(=O)c1ccccc1. The number of hydrogen-bond donors (Lipinski definition) is 2. The van der Waals surface area contributed by atoms with Crippen LogP contribution in [0.25, 0.3) is 0 Å². The molecule has 0 aliphatic heterocycles. The van der Waals surface area contributed by atoms with Crippen LogP contribution in [0.5, 0.6) is 0 Å². The van der Waals surface area contributed by atoms with Gasteiger partial charge in [-0.15, -0.1) is 0 Å². The maximum absolute atomic E-state index is 12.7. The number of anilines is 1. The quantitative estimate of drug-likeness (QED) is 0.826. The van der Waals surface area contributed by atoms with E-state index in [1.807, 2.05) is 45.9 Å². The molecule has 0 saturated carbocycles. The smallest absolute Gasteiger partial charge is 0.241 e. The summed E-state index contributed by atoms with van der Waals surface area (Å²) in [5.41, 5.74) is 1.44. The van der Waals surface area contributed by atoms with Crippen molar-refractivity contribution in [3.05, 3.63) is 65.7 Å². The van der Waals surface area contributed by atoms with Crippen molar-refractivity contribution in [3.63, 3.8) is 0 Å². The van der Waals surface area contributed by atoms with Gasteiger partial charge in [-0.05, 0) is 39.8 Å². The Balaban J connectivity index is 2.20. The average Bonchev–Trinajstić information content (AvgIpc) is 2.54. The number of carbonyl (C=O) groups is 2.